The Bertz CT molecular complexity index is 2650. The number of hydrogen-bond donors (Lipinski definition) is 1. The van der Waals surface area contributed by atoms with E-state index >= 15 is 0 Å². The topological polar surface area (TPSA) is 55.6 Å². The van der Waals surface area contributed by atoms with E-state index < -0.39 is 0 Å². The van der Waals surface area contributed by atoms with Crippen LogP contribution in [0.4, 0.5) is 5.69 Å². The summed E-state index contributed by atoms with van der Waals surface area (Å²) in [6.45, 7) is 0. The Morgan fingerprint density at radius 2 is 0.980 bits per heavy atom. The summed E-state index contributed by atoms with van der Waals surface area (Å²) >= 11 is 0. The number of nitrogens with one attached hydrogen (secondary N) is 1. The molecule has 5 heteroatoms. The zero-order valence-corrected chi connectivity index (χ0v) is 27.6. The lowest BCUT2D eigenvalue weighted by Gasteiger charge is -2.30. The number of anilines is 1. The summed E-state index contributed by atoms with van der Waals surface area (Å²) in [7, 11) is 0. The molecule has 1 aliphatic heterocycles. The molecule has 0 amide bonds. The van der Waals surface area contributed by atoms with Crippen molar-refractivity contribution in [2.75, 3.05) is 5.32 Å². The Morgan fingerprint density at radius 3 is 1.65 bits per heavy atom. The number of para-hydroxylation sites is 2. The zero-order valence-electron chi connectivity index (χ0n) is 27.6. The van der Waals surface area contributed by atoms with Gasteiger partial charge in [0, 0.05) is 44.4 Å². The highest BCUT2D eigenvalue weighted by Crippen LogP contribution is 2.47. The molecule has 3 heterocycles. The van der Waals surface area contributed by atoms with Crippen molar-refractivity contribution in [2.45, 2.75) is 6.04 Å². The summed E-state index contributed by atoms with van der Waals surface area (Å²) < 4.78 is 2.38. The van der Waals surface area contributed by atoms with Crippen molar-refractivity contribution >= 4 is 27.5 Å². The molecule has 1 unspecified atom stereocenters. The smallest absolute Gasteiger partial charge is 0.164 e. The lowest BCUT2D eigenvalue weighted by atomic mass is 9.85. The standard InChI is InChI=1S/C46H31N5/c1-5-15-30(16-6-1)43-39-29-42-38(28-36(39)35-23-13-14-24-40(35)47-43)37-27-33(25-26-41(37)51(42)34-21-11-4-12-22-34)46-49-44(31-17-7-2-8-18-31)48-45(50-46)32-19-9-3-10-20-32/h1-29,43,47H. The molecule has 5 nitrogen and oxygen atoms in total. The third-order valence-electron chi connectivity index (χ3n) is 9.87. The van der Waals surface area contributed by atoms with Crippen LogP contribution in [0.15, 0.2) is 176 Å². The van der Waals surface area contributed by atoms with Crippen LogP contribution in [0.2, 0.25) is 0 Å². The maximum absolute atomic E-state index is 5.06. The van der Waals surface area contributed by atoms with E-state index in [0.29, 0.717) is 17.5 Å². The fourth-order valence-corrected chi connectivity index (χ4v) is 7.47. The van der Waals surface area contributed by atoms with Crippen LogP contribution in [-0.4, -0.2) is 19.5 Å². The van der Waals surface area contributed by atoms with Gasteiger partial charge in [-0.15, -0.1) is 0 Å². The van der Waals surface area contributed by atoms with Gasteiger partial charge in [0.2, 0.25) is 0 Å². The Labute approximate surface area is 295 Å². The van der Waals surface area contributed by atoms with E-state index in [1.165, 1.54) is 27.6 Å². The first kappa shape index (κ1) is 29.1. The average molecular weight is 654 g/mol. The van der Waals surface area contributed by atoms with Gasteiger partial charge in [0.25, 0.3) is 0 Å². The van der Waals surface area contributed by atoms with Crippen LogP contribution >= 0.6 is 0 Å². The van der Waals surface area contributed by atoms with E-state index in [0.717, 1.165) is 44.5 Å². The van der Waals surface area contributed by atoms with E-state index in [1.807, 2.05) is 60.7 Å². The summed E-state index contributed by atoms with van der Waals surface area (Å²) in [5.74, 6) is 1.94. The molecule has 7 aromatic carbocycles. The minimum Gasteiger partial charge on any atom is -0.374 e. The number of benzene rings is 7. The van der Waals surface area contributed by atoms with Gasteiger partial charge in [0.15, 0.2) is 17.5 Å². The van der Waals surface area contributed by atoms with Crippen LogP contribution in [0.25, 0.3) is 72.8 Å². The molecule has 0 saturated carbocycles. The summed E-state index contributed by atoms with van der Waals surface area (Å²) in [5, 5.41) is 6.19. The molecule has 1 atom stereocenters. The van der Waals surface area contributed by atoms with Crippen molar-refractivity contribution in [2.24, 2.45) is 0 Å². The number of fused-ring (bicyclic) bond motifs is 6. The van der Waals surface area contributed by atoms with Gasteiger partial charge in [-0.25, -0.2) is 15.0 Å². The van der Waals surface area contributed by atoms with Crippen molar-refractivity contribution in [1.29, 1.82) is 0 Å². The van der Waals surface area contributed by atoms with Crippen LogP contribution in [0, 0.1) is 0 Å². The maximum atomic E-state index is 5.06. The Kier molecular flexibility index (Phi) is 6.81. The second-order valence-corrected chi connectivity index (χ2v) is 12.9. The molecular weight excluding hydrogens is 623 g/mol. The number of hydrogen-bond acceptors (Lipinski definition) is 4. The average Bonchev–Trinajstić information content (AvgIpc) is 3.53. The molecule has 0 aliphatic carbocycles. The largest absolute Gasteiger partial charge is 0.374 e. The van der Waals surface area contributed by atoms with E-state index in [2.05, 4.69) is 125 Å². The SMILES string of the molecule is c1ccc(-c2nc(-c3ccccc3)nc(-c3ccc4c(c3)c3cc5c(cc3n4-c3ccccc3)C(c3ccccc3)Nc3ccccc3-5)n2)cc1. The van der Waals surface area contributed by atoms with E-state index in [1.54, 1.807) is 0 Å². The van der Waals surface area contributed by atoms with Crippen molar-refractivity contribution in [3.8, 4) is 51.0 Å². The third kappa shape index (κ3) is 4.98. The molecule has 0 fully saturated rings. The molecule has 1 aliphatic rings. The Hall–Kier alpha value is -6.85. The summed E-state index contributed by atoms with van der Waals surface area (Å²) in [4.78, 5) is 15.0. The first-order chi connectivity index (χ1) is 25.3. The van der Waals surface area contributed by atoms with Gasteiger partial charge in [0.05, 0.1) is 17.1 Å². The maximum Gasteiger partial charge on any atom is 0.164 e. The summed E-state index contributed by atoms with van der Waals surface area (Å²) in [6.07, 6.45) is 0. The van der Waals surface area contributed by atoms with Gasteiger partial charge in [-0.05, 0) is 65.2 Å². The van der Waals surface area contributed by atoms with Crippen molar-refractivity contribution in [3.05, 3.63) is 187 Å². The van der Waals surface area contributed by atoms with Gasteiger partial charge in [0.1, 0.15) is 0 Å². The monoisotopic (exact) mass is 653 g/mol. The molecule has 240 valence electrons. The van der Waals surface area contributed by atoms with E-state index in [4.69, 9.17) is 15.0 Å². The highest BCUT2D eigenvalue weighted by atomic mass is 15.0. The van der Waals surface area contributed by atoms with Crippen molar-refractivity contribution in [1.82, 2.24) is 19.5 Å². The molecule has 2 aromatic heterocycles. The Morgan fingerprint density at radius 1 is 0.431 bits per heavy atom. The highest BCUT2D eigenvalue weighted by Gasteiger charge is 2.28. The molecule has 0 saturated heterocycles. The minimum atomic E-state index is 0.0105. The fourth-order valence-electron chi connectivity index (χ4n) is 7.47. The van der Waals surface area contributed by atoms with Crippen LogP contribution in [-0.2, 0) is 0 Å². The summed E-state index contributed by atoms with van der Waals surface area (Å²) in [6, 6.07) is 61.7. The second kappa shape index (κ2) is 11.9. The molecule has 51 heavy (non-hydrogen) atoms. The quantitative estimate of drug-likeness (QED) is 0.201. The van der Waals surface area contributed by atoms with Gasteiger partial charge < -0.3 is 9.88 Å². The number of aromatic nitrogens is 4. The molecule has 0 bridgehead atoms. The number of nitrogens with zero attached hydrogens (tertiary/aromatic N) is 4. The molecular formula is C46H31N5. The van der Waals surface area contributed by atoms with Crippen molar-refractivity contribution in [3.63, 3.8) is 0 Å². The minimum absolute atomic E-state index is 0.0105. The van der Waals surface area contributed by atoms with E-state index in [9.17, 15) is 0 Å². The lowest BCUT2D eigenvalue weighted by molar-refractivity contribution is 0.931. The predicted octanol–water partition coefficient (Wildman–Crippen LogP) is 11.2. The van der Waals surface area contributed by atoms with Crippen LogP contribution in [0.5, 0.6) is 0 Å². The van der Waals surface area contributed by atoms with Gasteiger partial charge in [-0.3, -0.25) is 0 Å². The second-order valence-electron chi connectivity index (χ2n) is 12.9. The normalized spacial score (nSPS) is 13.5. The predicted molar refractivity (Wildman–Crippen MR) is 208 cm³/mol. The lowest BCUT2D eigenvalue weighted by Crippen LogP contribution is -2.18. The zero-order chi connectivity index (χ0) is 33.7. The third-order valence-corrected chi connectivity index (χ3v) is 9.87. The molecule has 1 N–H and O–H groups in total. The Balaban J connectivity index is 1.24. The van der Waals surface area contributed by atoms with Gasteiger partial charge >= 0.3 is 0 Å². The summed E-state index contributed by atoms with van der Waals surface area (Å²) in [5.41, 5.74) is 12.3. The molecule has 10 rings (SSSR count). The highest BCUT2D eigenvalue weighted by molar-refractivity contribution is 6.12. The molecule has 0 spiro atoms. The first-order valence-electron chi connectivity index (χ1n) is 17.2. The van der Waals surface area contributed by atoms with E-state index in [-0.39, 0.29) is 6.04 Å². The van der Waals surface area contributed by atoms with Crippen LogP contribution < -0.4 is 5.32 Å². The number of rotatable bonds is 5. The van der Waals surface area contributed by atoms with Crippen LogP contribution in [0.3, 0.4) is 0 Å². The first-order valence-corrected chi connectivity index (χ1v) is 17.2. The molecule has 9 aromatic rings. The molecule has 0 radical (unpaired) electrons. The van der Waals surface area contributed by atoms with Crippen LogP contribution in [0.1, 0.15) is 17.2 Å². The van der Waals surface area contributed by atoms with Crippen molar-refractivity contribution < 1.29 is 0 Å². The van der Waals surface area contributed by atoms with Gasteiger partial charge in [-0.1, -0.05) is 127 Å². The fraction of sp³-hybridized carbons (Fsp3) is 0.0217. The van der Waals surface area contributed by atoms with Gasteiger partial charge in [-0.2, -0.15) is 0 Å².